The summed E-state index contributed by atoms with van der Waals surface area (Å²) in [4.78, 5) is 14.6. The van der Waals surface area contributed by atoms with Gasteiger partial charge in [-0.1, -0.05) is 0 Å². The number of nitrogens with zero attached hydrogens (tertiary/aromatic N) is 3. The first-order valence-electron chi connectivity index (χ1n) is 8.78. The lowest BCUT2D eigenvalue weighted by Crippen LogP contribution is -2.40. The molecule has 0 bridgehead atoms. The van der Waals surface area contributed by atoms with Crippen molar-refractivity contribution in [3.8, 4) is 5.69 Å². The molecule has 1 amide bonds. The molecule has 1 saturated heterocycles. The van der Waals surface area contributed by atoms with Crippen molar-refractivity contribution in [1.82, 2.24) is 14.7 Å². The number of hydrogen-bond acceptors (Lipinski definition) is 3. The first kappa shape index (κ1) is 17.6. The molecule has 1 aliphatic heterocycles. The third-order valence-corrected chi connectivity index (χ3v) is 5.14. The van der Waals surface area contributed by atoms with Crippen molar-refractivity contribution in [2.24, 2.45) is 11.7 Å². The van der Waals surface area contributed by atoms with Gasteiger partial charge in [0.15, 0.2) is 0 Å². The van der Waals surface area contributed by atoms with Crippen molar-refractivity contribution in [3.63, 3.8) is 0 Å². The summed E-state index contributed by atoms with van der Waals surface area (Å²) in [7, 11) is 0. The third kappa shape index (κ3) is 3.74. The Morgan fingerprint density at radius 2 is 1.88 bits per heavy atom. The van der Waals surface area contributed by atoms with E-state index < -0.39 is 0 Å². The Morgan fingerprint density at radius 3 is 2.48 bits per heavy atom. The van der Waals surface area contributed by atoms with Gasteiger partial charge in [-0.2, -0.15) is 5.10 Å². The molecule has 1 fully saturated rings. The molecule has 25 heavy (non-hydrogen) atoms. The smallest absolute Gasteiger partial charge is 0.227 e. The van der Waals surface area contributed by atoms with Crippen molar-refractivity contribution in [1.29, 1.82) is 0 Å². The van der Waals surface area contributed by atoms with Crippen LogP contribution in [0.2, 0.25) is 0 Å². The topological polar surface area (TPSA) is 64.2 Å². The van der Waals surface area contributed by atoms with Crippen molar-refractivity contribution in [2.75, 3.05) is 19.6 Å². The van der Waals surface area contributed by atoms with Gasteiger partial charge in [-0.15, -0.1) is 0 Å². The first-order valence-corrected chi connectivity index (χ1v) is 8.78. The minimum absolute atomic E-state index is 0.139. The molecule has 0 radical (unpaired) electrons. The summed E-state index contributed by atoms with van der Waals surface area (Å²) in [5.74, 6) is 0.399. The summed E-state index contributed by atoms with van der Waals surface area (Å²) in [5, 5.41) is 4.54. The number of halogens is 1. The number of likely N-dealkylation sites (tertiary alicyclic amines) is 1. The molecule has 1 aliphatic rings. The minimum Gasteiger partial charge on any atom is -0.342 e. The predicted octanol–water partition coefficient (Wildman–Crippen LogP) is 2.37. The van der Waals surface area contributed by atoms with E-state index in [0.29, 0.717) is 18.9 Å². The third-order valence-electron chi connectivity index (χ3n) is 5.14. The van der Waals surface area contributed by atoms with Crippen LogP contribution in [-0.2, 0) is 11.2 Å². The van der Waals surface area contributed by atoms with E-state index in [9.17, 15) is 9.18 Å². The molecule has 5 nitrogen and oxygen atoms in total. The van der Waals surface area contributed by atoms with Gasteiger partial charge in [-0.05, 0) is 63.4 Å². The highest BCUT2D eigenvalue weighted by atomic mass is 19.1. The molecular formula is C19H25FN4O. The Bertz CT molecular complexity index is 746. The standard InChI is InChI=1S/C19H25FN4O/c1-13-18(11-19(25)23-9-7-15(12-21)8-10-23)14(2)24(22-13)17-5-3-16(20)4-6-17/h3-6,15H,7-12,21H2,1-2H3. The highest BCUT2D eigenvalue weighted by molar-refractivity contribution is 5.79. The Hall–Kier alpha value is -2.21. The van der Waals surface area contributed by atoms with Crippen molar-refractivity contribution >= 4 is 5.91 Å². The number of nitrogens with two attached hydrogens (primary N) is 1. The zero-order valence-electron chi connectivity index (χ0n) is 14.8. The summed E-state index contributed by atoms with van der Waals surface area (Å²) in [5.41, 5.74) is 9.23. The van der Waals surface area contributed by atoms with Crippen LogP contribution >= 0.6 is 0 Å². The summed E-state index contributed by atoms with van der Waals surface area (Å²) < 4.78 is 14.9. The van der Waals surface area contributed by atoms with Crippen LogP contribution in [0.15, 0.2) is 24.3 Å². The lowest BCUT2D eigenvalue weighted by atomic mass is 9.96. The van der Waals surface area contributed by atoms with Crippen LogP contribution in [0.4, 0.5) is 4.39 Å². The van der Waals surface area contributed by atoms with Crippen LogP contribution in [0.1, 0.15) is 29.8 Å². The molecule has 1 aromatic carbocycles. The van der Waals surface area contributed by atoms with Crippen LogP contribution in [0.5, 0.6) is 0 Å². The van der Waals surface area contributed by atoms with Gasteiger partial charge in [0.2, 0.25) is 5.91 Å². The highest BCUT2D eigenvalue weighted by Crippen LogP contribution is 2.21. The number of hydrogen-bond donors (Lipinski definition) is 1. The number of carbonyl (C=O) groups is 1. The summed E-state index contributed by atoms with van der Waals surface area (Å²) in [6.45, 7) is 6.13. The van der Waals surface area contributed by atoms with Gasteiger partial charge in [-0.25, -0.2) is 9.07 Å². The molecule has 1 aromatic heterocycles. The van der Waals surface area contributed by atoms with Crippen LogP contribution in [-0.4, -0.2) is 40.2 Å². The van der Waals surface area contributed by atoms with Crippen LogP contribution in [0.25, 0.3) is 5.69 Å². The number of piperidine rings is 1. The molecule has 134 valence electrons. The molecule has 2 aromatic rings. The van der Waals surface area contributed by atoms with Gasteiger partial charge < -0.3 is 10.6 Å². The van der Waals surface area contributed by atoms with Crippen LogP contribution < -0.4 is 5.73 Å². The Morgan fingerprint density at radius 1 is 1.24 bits per heavy atom. The van der Waals surface area contributed by atoms with Gasteiger partial charge in [0.05, 0.1) is 17.8 Å². The quantitative estimate of drug-likeness (QED) is 0.926. The van der Waals surface area contributed by atoms with Gasteiger partial charge in [0.1, 0.15) is 5.82 Å². The minimum atomic E-state index is -0.276. The van der Waals surface area contributed by atoms with E-state index in [0.717, 1.165) is 48.6 Å². The van der Waals surface area contributed by atoms with Gasteiger partial charge >= 0.3 is 0 Å². The lowest BCUT2D eigenvalue weighted by molar-refractivity contribution is -0.131. The molecule has 0 saturated carbocycles. The summed E-state index contributed by atoms with van der Waals surface area (Å²) in [6.07, 6.45) is 2.32. The molecule has 2 heterocycles. The molecule has 2 N–H and O–H groups in total. The van der Waals surface area contributed by atoms with Crippen LogP contribution in [0, 0.1) is 25.6 Å². The fraction of sp³-hybridized carbons (Fsp3) is 0.474. The van der Waals surface area contributed by atoms with E-state index in [4.69, 9.17) is 5.73 Å². The molecule has 0 unspecified atom stereocenters. The Balaban J connectivity index is 1.75. The van der Waals surface area contributed by atoms with E-state index in [1.165, 1.54) is 12.1 Å². The second-order valence-corrected chi connectivity index (χ2v) is 6.77. The number of rotatable bonds is 4. The number of aromatic nitrogens is 2. The lowest BCUT2D eigenvalue weighted by Gasteiger charge is -2.31. The van der Waals surface area contributed by atoms with E-state index in [2.05, 4.69) is 5.10 Å². The SMILES string of the molecule is Cc1nn(-c2ccc(F)cc2)c(C)c1CC(=O)N1CCC(CN)CC1. The van der Waals surface area contributed by atoms with E-state index in [1.54, 1.807) is 16.8 Å². The fourth-order valence-electron chi connectivity index (χ4n) is 3.45. The second kappa shape index (κ2) is 7.35. The Labute approximate surface area is 147 Å². The average Bonchev–Trinajstić information content (AvgIpc) is 2.90. The van der Waals surface area contributed by atoms with E-state index in [1.807, 2.05) is 18.7 Å². The normalized spacial score (nSPS) is 15.6. The van der Waals surface area contributed by atoms with Gasteiger partial charge in [0, 0.05) is 24.3 Å². The van der Waals surface area contributed by atoms with E-state index >= 15 is 0 Å². The maximum absolute atomic E-state index is 13.1. The van der Waals surface area contributed by atoms with Crippen molar-refractivity contribution in [2.45, 2.75) is 33.1 Å². The van der Waals surface area contributed by atoms with Gasteiger partial charge in [0.25, 0.3) is 0 Å². The van der Waals surface area contributed by atoms with Crippen LogP contribution in [0.3, 0.4) is 0 Å². The maximum atomic E-state index is 13.1. The maximum Gasteiger partial charge on any atom is 0.227 e. The molecule has 3 rings (SSSR count). The largest absolute Gasteiger partial charge is 0.342 e. The predicted molar refractivity (Wildman–Crippen MR) is 95.1 cm³/mol. The Kier molecular flexibility index (Phi) is 5.18. The summed E-state index contributed by atoms with van der Waals surface area (Å²) in [6, 6.07) is 6.21. The van der Waals surface area contributed by atoms with Gasteiger partial charge in [-0.3, -0.25) is 4.79 Å². The summed E-state index contributed by atoms with van der Waals surface area (Å²) >= 11 is 0. The van der Waals surface area contributed by atoms with Crippen molar-refractivity contribution in [3.05, 3.63) is 47.0 Å². The molecule has 0 aliphatic carbocycles. The number of aryl methyl sites for hydroxylation is 1. The first-order chi connectivity index (χ1) is 12.0. The van der Waals surface area contributed by atoms with E-state index in [-0.39, 0.29) is 11.7 Å². The molecule has 0 atom stereocenters. The monoisotopic (exact) mass is 344 g/mol. The van der Waals surface area contributed by atoms with Crippen molar-refractivity contribution < 1.29 is 9.18 Å². The number of amides is 1. The number of benzene rings is 1. The molecule has 6 heteroatoms. The molecular weight excluding hydrogens is 319 g/mol. The fourth-order valence-corrected chi connectivity index (χ4v) is 3.45. The molecule has 0 spiro atoms. The number of carbonyl (C=O) groups excluding carboxylic acids is 1. The highest BCUT2D eigenvalue weighted by Gasteiger charge is 2.24. The zero-order chi connectivity index (χ0) is 18.0. The second-order valence-electron chi connectivity index (χ2n) is 6.77. The zero-order valence-corrected chi connectivity index (χ0v) is 14.8. The average molecular weight is 344 g/mol.